The van der Waals surface area contributed by atoms with Crippen LogP contribution in [0.15, 0.2) is 48.5 Å². The first-order valence-electron chi connectivity index (χ1n) is 10.2. The highest BCUT2D eigenvalue weighted by Crippen LogP contribution is 2.29. The van der Waals surface area contributed by atoms with Crippen LogP contribution in [0.25, 0.3) is 0 Å². The maximum atomic E-state index is 12.4. The molecule has 2 fully saturated rings. The van der Waals surface area contributed by atoms with E-state index in [4.69, 9.17) is 23.7 Å². The van der Waals surface area contributed by atoms with Crippen LogP contribution in [0.5, 0.6) is 11.5 Å². The van der Waals surface area contributed by atoms with E-state index < -0.39 is 24.2 Å². The molecule has 9 heteroatoms. The lowest BCUT2D eigenvalue weighted by molar-refractivity contribution is -0.0148. The van der Waals surface area contributed by atoms with E-state index in [2.05, 4.69) is 4.74 Å². The number of esters is 2. The highest BCUT2D eigenvalue weighted by molar-refractivity contribution is 5.92. The Morgan fingerprint density at radius 2 is 1.50 bits per heavy atom. The molecule has 0 aliphatic carbocycles. The van der Waals surface area contributed by atoms with Crippen molar-refractivity contribution < 1.29 is 42.8 Å². The summed E-state index contributed by atoms with van der Waals surface area (Å²) in [7, 11) is 0. The van der Waals surface area contributed by atoms with Gasteiger partial charge in [0, 0.05) is 6.61 Å². The summed E-state index contributed by atoms with van der Waals surface area (Å²) in [6, 6.07) is 11.9. The molecule has 32 heavy (non-hydrogen) atoms. The van der Waals surface area contributed by atoms with Crippen LogP contribution in [0.3, 0.4) is 0 Å². The van der Waals surface area contributed by atoms with E-state index >= 15 is 0 Å². The predicted molar refractivity (Wildman–Crippen MR) is 109 cm³/mol. The van der Waals surface area contributed by atoms with Gasteiger partial charge in [-0.3, -0.25) is 0 Å². The first-order chi connectivity index (χ1) is 15.5. The van der Waals surface area contributed by atoms with Crippen LogP contribution < -0.4 is 9.47 Å². The molecule has 9 nitrogen and oxygen atoms in total. The van der Waals surface area contributed by atoms with Gasteiger partial charge in [0.15, 0.2) is 6.10 Å². The van der Waals surface area contributed by atoms with Gasteiger partial charge in [0.2, 0.25) is 0 Å². The molecule has 2 saturated heterocycles. The van der Waals surface area contributed by atoms with E-state index in [0.717, 1.165) is 6.42 Å². The monoisotopic (exact) mass is 442 g/mol. The van der Waals surface area contributed by atoms with Crippen LogP contribution in [0, 0.1) is 0 Å². The molecule has 0 saturated carbocycles. The minimum atomic E-state index is -0.822. The molecule has 0 bridgehead atoms. The maximum Gasteiger partial charge on any atom is 0.513 e. The van der Waals surface area contributed by atoms with Gasteiger partial charge in [-0.25, -0.2) is 14.4 Å². The number of rotatable bonds is 6. The summed E-state index contributed by atoms with van der Waals surface area (Å²) in [6.45, 7) is 2.79. The van der Waals surface area contributed by atoms with E-state index in [0.29, 0.717) is 18.8 Å². The number of fused-ring (bicyclic) bond motifs is 1. The summed E-state index contributed by atoms with van der Waals surface area (Å²) < 4.78 is 31.6. The Balaban J connectivity index is 1.30. The number of hydrogen-bond acceptors (Lipinski definition) is 9. The zero-order valence-electron chi connectivity index (χ0n) is 17.4. The molecule has 2 heterocycles. The molecule has 0 unspecified atom stereocenters. The van der Waals surface area contributed by atoms with Crippen molar-refractivity contribution in [3.8, 4) is 11.5 Å². The van der Waals surface area contributed by atoms with Crippen LogP contribution in [0.1, 0.15) is 34.1 Å². The van der Waals surface area contributed by atoms with Crippen molar-refractivity contribution in [1.29, 1.82) is 0 Å². The molecular weight excluding hydrogens is 420 g/mol. The Hall–Kier alpha value is -3.43. The number of carbonyl (C=O) groups is 3. The Bertz CT molecular complexity index is 968. The van der Waals surface area contributed by atoms with Crippen molar-refractivity contribution in [2.75, 3.05) is 19.8 Å². The number of benzene rings is 2. The molecule has 0 amide bonds. The van der Waals surface area contributed by atoms with Crippen LogP contribution in [-0.2, 0) is 18.9 Å². The van der Waals surface area contributed by atoms with Gasteiger partial charge in [0.05, 0.1) is 30.4 Å². The van der Waals surface area contributed by atoms with Crippen molar-refractivity contribution in [2.45, 2.75) is 31.7 Å². The van der Waals surface area contributed by atoms with Gasteiger partial charge in [-0.2, -0.15) is 0 Å². The maximum absolute atomic E-state index is 12.4. The molecule has 4 rings (SSSR count). The molecule has 0 spiro atoms. The predicted octanol–water partition coefficient (Wildman–Crippen LogP) is 3.15. The first-order valence-corrected chi connectivity index (χ1v) is 10.2. The van der Waals surface area contributed by atoms with Crippen molar-refractivity contribution in [2.24, 2.45) is 0 Å². The second-order valence-corrected chi connectivity index (χ2v) is 7.16. The fourth-order valence-electron chi connectivity index (χ4n) is 3.46. The lowest BCUT2D eigenvalue weighted by Crippen LogP contribution is -2.32. The lowest BCUT2D eigenvalue weighted by Gasteiger charge is -2.16. The highest BCUT2D eigenvalue weighted by atomic mass is 16.7. The second-order valence-electron chi connectivity index (χ2n) is 7.16. The Morgan fingerprint density at radius 3 is 2.16 bits per heavy atom. The summed E-state index contributed by atoms with van der Waals surface area (Å²) in [5, 5.41) is 0. The summed E-state index contributed by atoms with van der Waals surface area (Å²) in [5.41, 5.74) is 0.587. The smallest absolute Gasteiger partial charge is 0.453 e. The molecule has 2 aliphatic heterocycles. The lowest BCUT2D eigenvalue weighted by atomic mass is 10.1. The molecule has 2 aromatic rings. The van der Waals surface area contributed by atoms with Crippen LogP contribution >= 0.6 is 0 Å². The summed E-state index contributed by atoms with van der Waals surface area (Å²) in [4.78, 5) is 36.0. The van der Waals surface area contributed by atoms with Gasteiger partial charge < -0.3 is 28.4 Å². The fraction of sp³-hybridized carbons (Fsp3) is 0.348. The van der Waals surface area contributed by atoms with Gasteiger partial charge in [-0.15, -0.1) is 0 Å². The van der Waals surface area contributed by atoms with Crippen LogP contribution in [0.4, 0.5) is 4.79 Å². The van der Waals surface area contributed by atoms with E-state index in [1.165, 1.54) is 48.5 Å². The number of carbonyl (C=O) groups excluding carboxylic acids is 3. The topological polar surface area (TPSA) is 107 Å². The Labute approximate surface area is 184 Å². The SMILES string of the molecule is CCOC(=O)Oc1ccc(C(=O)Oc2ccc(C(=O)O[C@@H]3CO[C@@H]4CCO[C@@H]43)cc2)cc1. The third-order valence-electron chi connectivity index (χ3n) is 5.03. The normalized spacial score (nSPS) is 21.5. The average molecular weight is 442 g/mol. The molecule has 3 atom stereocenters. The fourth-order valence-corrected chi connectivity index (χ4v) is 3.46. The van der Waals surface area contributed by atoms with Gasteiger partial charge >= 0.3 is 18.1 Å². The van der Waals surface area contributed by atoms with Crippen molar-refractivity contribution in [3.63, 3.8) is 0 Å². The Morgan fingerprint density at radius 1 is 0.875 bits per heavy atom. The quantitative estimate of drug-likeness (QED) is 0.379. The van der Waals surface area contributed by atoms with Gasteiger partial charge in [0.25, 0.3) is 0 Å². The number of ether oxygens (including phenoxy) is 6. The summed E-state index contributed by atoms with van der Waals surface area (Å²) in [6.07, 6.45) is -0.672. The van der Waals surface area contributed by atoms with Crippen molar-refractivity contribution in [1.82, 2.24) is 0 Å². The second kappa shape index (κ2) is 9.80. The van der Waals surface area contributed by atoms with Gasteiger partial charge in [0.1, 0.15) is 17.6 Å². The first kappa shape index (κ1) is 21.8. The van der Waals surface area contributed by atoms with Crippen LogP contribution in [0.2, 0.25) is 0 Å². The third kappa shape index (κ3) is 5.06. The minimum absolute atomic E-state index is 0.0135. The van der Waals surface area contributed by atoms with Gasteiger partial charge in [-0.1, -0.05) is 0 Å². The molecule has 0 aromatic heterocycles. The third-order valence-corrected chi connectivity index (χ3v) is 5.03. The van der Waals surface area contributed by atoms with Crippen molar-refractivity contribution in [3.05, 3.63) is 59.7 Å². The van der Waals surface area contributed by atoms with E-state index in [1.54, 1.807) is 6.92 Å². The molecule has 2 aromatic carbocycles. The zero-order chi connectivity index (χ0) is 22.5. The van der Waals surface area contributed by atoms with E-state index in [1.807, 2.05) is 0 Å². The largest absolute Gasteiger partial charge is 0.513 e. The average Bonchev–Trinajstić information content (AvgIpc) is 3.40. The molecule has 0 radical (unpaired) electrons. The molecular formula is C23H22O9. The summed E-state index contributed by atoms with van der Waals surface area (Å²) in [5.74, 6) is -0.591. The highest BCUT2D eigenvalue weighted by Gasteiger charge is 2.44. The molecule has 168 valence electrons. The zero-order valence-corrected chi connectivity index (χ0v) is 17.4. The Kier molecular flexibility index (Phi) is 6.67. The molecule has 2 aliphatic rings. The standard InChI is InChI=1S/C23H22O9/c1-2-27-23(26)31-17-9-5-14(6-10-17)21(24)30-16-7-3-15(4-8-16)22(25)32-19-13-29-18-11-12-28-20(18)19/h3-10,18-20H,2,11-13H2,1H3/t18-,19-,20+/m1/s1. The summed E-state index contributed by atoms with van der Waals surface area (Å²) >= 11 is 0. The van der Waals surface area contributed by atoms with Gasteiger partial charge in [-0.05, 0) is 61.9 Å². The molecule has 0 N–H and O–H groups in total. The van der Waals surface area contributed by atoms with Crippen molar-refractivity contribution >= 4 is 18.1 Å². The van der Waals surface area contributed by atoms with Crippen LogP contribution in [-0.4, -0.2) is 56.2 Å². The van der Waals surface area contributed by atoms with E-state index in [9.17, 15) is 14.4 Å². The van der Waals surface area contributed by atoms with E-state index in [-0.39, 0.29) is 35.9 Å². The number of hydrogen-bond donors (Lipinski definition) is 0. The minimum Gasteiger partial charge on any atom is -0.453 e.